The van der Waals surface area contributed by atoms with Crippen molar-refractivity contribution in [3.63, 3.8) is 0 Å². The number of nitrogens with zero attached hydrogens (tertiary/aromatic N) is 3. The highest BCUT2D eigenvalue weighted by Gasteiger charge is 2.35. The summed E-state index contributed by atoms with van der Waals surface area (Å²) in [6.07, 6.45) is 0.363. The molecule has 1 atom stereocenters. The Morgan fingerprint density at radius 3 is 2.54 bits per heavy atom. The molecule has 2 aromatic carbocycles. The second-order valence-electron chi connectivity index (χ2n) is 6.43. The topological polar surface area (TPSA) is 68.5 Å². The maximum absolute atomic E-state index is 12.4. The van der Waals surface area contributed by atoms with Crippen molar-refractivity contribution in [2.75, 3.05) is 18.6 Å². The van der Waals surface area contributed by atoms with Crippen molar-refractivity contribution >= 4 is 11.6 Å². The number of ether oxygens (including phenoxy) is 1. The van der Waals surface area contributed by atoms with Gasteiger partial charge in [0.2, 0.25) is 17.6 Å². The van der Waals surface area contributed by atoms with Crippen molar-refractivity contribution in [1.29, 1.82) is 0 Å². The smallest absolute Gasteiger partial charge is 0.232 e. The number of aromatic nitrogens is 2. The fourth-order valence-corrected chi connectivity index (χ4v) is 3.11. The number of carbonyl (C=O) groups excluding carboxylic acids is 1. The molecule has 4 rings (SSSR count). The second-order valence-corrected chi connectivity index (χ2v) is 6.43. The molecule has 0 spiro atoms. The summed E-state index contributed by atoms with van der Waals surface area (Å²) in [5.41, 5.74) is 2.92. The van der Waals surface area contributed by atoms with Gasteiger partial charge in [0.05, 0.1) is 13.0 Å². The number of carbonyl (C=O) groups is 1. The molecule has 1 amide bonds. The highest BCUT2D eigenvalue weighted by Crippen LogP contribution is 2.32. The normalized spacial score (nSPS) is 16.9. The molecule has 132 valence electrons. The Morgan fingerprint density at radius 1 is 1.12 bits per heavy atom. The molecule has 0 unspecified atom stereocenters. The van der Waals surface area contributed by atoms with Crippen molar-refractivity contribution in [2.45, 2.75) is 19.3 Å². The molecule has 1 aliphatic heterocycles. The Morgan fingerprint density at radius 2 is 1.85 bits per heavy atom. The Hall–Kier alpha value is -3.15. The second kappa shape index (κ2) is 6.63. The van der Waals surface area contributed by atoms with Crippen LogP contribution in [0.3, 0.4) is 0 Å². The highest BCUT2D eigenvalue weighted by molar-refractivity contribution is 5.96. The molecular weight excluding hydrogens is 330 g/mol. The van der Waals surface area contributed by atoms with E-state index in [1.165, 1.54) is 5.56 Å². The zero-order valence-electron chi connectivity index (χ0n) is 14.7. The van der Waals surface area contributed by atoms with Gasteiger partial charge in [-0.05, 0) is 31.2 Å². The van der Waals surface area contributed by atoms with Crippen LogP contribution in [0.15, 0.2) is 53.1 Å². The van der Waals surface area contributed by atoms with Crippen LogP contribution in [0.2, 0.25) is 0 Å². The van der Waals surface area contributed by atoms with E-state index in [-0.39, 0.29) is 11.8 Å². The van der Waals surface area contributed by atoms with Gasteiger partial charge in [0.25, 0.3) is 0 Å². The molecule has 2 heterocycles. The fraction of sp³-hybridized carbons (Fsp3) is 0.250. The number of anilines is 1. The Labute approximate surface area is 151 Å². The number of aryl methyl sites for hydroxylation is 1. The maximum atomic E-state index is 12.4. The minimum atomic E-state index is -0.101. The van der Waals surface area contributed by atoms with Gasteiger partial charge in [0.15, 0.2) is 0 Å². The predicted molar refractivity (Wildman–Crippen MR) is 97.2 cm³/mol. The summed E-state index contributed by atoms with van der Waals surface area (Å²) >= 11 is 0. The Balaban J connectivity index is 1.52. The van der Waals surface area contributed by atoms with Gasteiger partial charge in [-0.1, -0.05) is 35.0 Å². The molecule has 6 heteroatoms. The maximum Gasteiger partial charge on any atom is 0.232 e. The molecule has 3 aromatic rings. The SMILES string of the molecule is COc1ccc(N2C[C@@H](c3nc(-c4ccc(C)cc4)no3)CC2=O)cc1. The number of methoxy groups -OCH3 is 1. The third-order valence-electron chi connectivity index (χ3n) is 4.61. The third kappa shape index (κ3) is 3.06. The van der Waals surface area contributed by atoms with Crippen LogP contribution in [0.5, 0.6) is 5.75 Å². The van der Waals surface area contributed by atoms with Crippen LogP contribution in [0.4, 0.5) is 5.69 Å². The predicted octanol–water partition coefficient (Wildman–Crippen LogP) is 3.57. The molecular formula is C20H19N3O3. The molecule has 1 saturated heterocycles. The summed E-state index contributed by atoms with van der Waals surface area (Å²) in [7, 11) is 1.62. The largest absolute Gasteiger partial charge is 0.497 e. The van der Waals surface area contributed by atoms with Crippen LogP contribution in [0.1, 0.15) is 23.8 Å². The van der Waals surface area contributed by atoms with Crippen LogP contribution < -0.4 is 9.64 Å². The van der Waals surface area contributed by atoms with Gasteiger partial charge in [-0.15, -0.1) is 0 Å². The van der Waals surface area contributed by atoms with E-state index in [4.69, 9.17) is 9.26 Å². The number of hydrogen-bond donors (Lipinski definition) is 0. The van der Waals surface area contributed by atoms with Crippen LogP contribution in [0.25, 0.3) is 11.4 Å². The van der Waals surface area contributed by atoms with E-state index >= 15 is 0 Å². The first-order valence-electron chi connectivity index (χ1n) is 8.49. The molecule has 26 heavy (non-hydrogen) atoms. The first kappa shape index (κ1) is 16.3. The number of benzene rings is 2. The van der Waals surface area contributed by atoms with E-state index in [9.17, 15) is 4.79 Å². The van der Waals surface area contributed by atoms with Gasteiger partial charge in [-0.3, -0.25) is 4.79 Å². The van der Waals surface area contributed by atoms with Crippen LogP contribution in [-0.2, 0) is 4.79 Å². The molecule has 6 nitrogen and oxygen atoms in total. The van der Waals surface area contributed by atoms with Crippen LogP contribution >= 0.6 is 0 Å². The van der Waals surface area contributed by atoms with Crippen molar-refractivity contribution in [3.05, 3.63) is 60.0 Å². The minimum absolute atomic E-state index is 0.0512. The average molecular weight is 349 g/mol. The molecule has 1 fully saturated rings. The zero-order valence-corrected chi connectivity index (χ0v) is 14.7. The molecule has 0 bridgehead atoms. The lowest BCUT2D eigenvalue weighted by Crippen LogP contribution is -2.24. The highest BCUT2D eigenvalue weighted by atomic mass is 16.5. The Kier molecular flexibility index (Phi) is 4.16. The van der Waals surface area contributed by atoms with Crippen molar-refractivity contribution in [3.8, 4) is 17.1 Å². The van der Waals surface area contributed by atoms with Crippen molar-refractivity contribution in [1.82, 2.24) is 10.1 Å². The third-order valence-corrected chi connectivity index (χ3v) is 4.61. The van der Waals surface area contributed by atoms with Crippen LogP contribution in [0, 0.1) is 6.92 Å². The number of amides is 1. The summed E-state index contributed by atoms with van der Waals surface area (Å²) in [4.78, 5) is 18.7. The van der Waals surface area contributed by atoms with Gasteiger partial charge in [0.1, 0.15) is 5.75 Å². The van der Waals surface area contributed by atoms with Crippen molar-refractivity contribution in [2.24, 2.45) is 0 Å². The summed E-state index contributed by atoms with van der Waals surface area (Å²) in [6.45, 7) is 2.56. The molecule has 0 aliphatic carbocycles. The van der Waals surface area contributed by atoms with E-state index in [1.54, 1.807) is 12.0 Å². The van der Waals surface area contributed by atoms with E-state index in [1.807, 2.05) is 55.5 Å². The van der Waals surface area contributed by atoms with E-state index in [0.29, 0.717) is 24.7 Å². The molecule has 1 aliphatic rings. The number of rotatable bonds is 4. The van der Waals surface area contributed by atoms with Gasteiger partial charge < -0.3 is 14.2 Å². The van der Waals surface area contributed by atoms with E-state index in [0.717, 1.165) is 17.0 Å². The number of hydrogen-bond acceptors (Lipinski definition) is 5. The van der Waals surface area contributed by atoms with Crippen LogP contribution in [-0.4, -0.2) is 29.7 Å². The minimum Gasteiger partial charge on any atom is -0.497 e. The monoisotopic (exact) mass is 349 g/mol. The summed E-state index contributed by atoms with van der Waals surface area (Å²) < 4.78 is 10.6. The lowest BCUT2D eigenvalue weighted by atomic mass is 10.1. The molecule has 0 saturated carbocycles. The van der Waals surface area contributed by atoms with Gasteiger partial charge in [-0.2, -0.15) is 4.98 Å². The quantitative estimate of drug-likeness (QED) is 0.720. The first-order valence-corrected chi connectivity index (χ1v) is 8.49. The lowest BCUT2D eigenvalue weighted by Gasteiger charge is -2.16. The van der Waals surface area contributed by atoms with Gasteiger partial charge in [-0.25, -0.2) is 0 Å². The van der Waals surface area contributed by atoms with E-state index in [2.05, 4.69) is 10.1 Å². The summed E-state index contributed by atoms with van der Waals surface area (Å²) in [6, 6.07) is 15.4. The fourth-order valence-electron chi connectivity index (χ4n) is 3.11. The average Bonchev–Trinajstić information content (AvgIpc) is 3.29. The van der Waals surface area contributed by atoms with Crippen molar-refractivity contribution < 1.29 is 14.1 Å². The molecule has 0 N–H and O–H groups in total. The molecule has 1 aromatic heterocycles. The summed E-state index contributed by atoms with van der Waals surface area (Å²) in [5.74, 6) is 1.77. The standard InChI is InChI=1S/C20H19N3O3/c1-13-3-5-14(6-4-13)19-21-20(26-22-19)15-11-18(24)23(12-15)16-7-9-17(25-2)10-8-16/h3-10,15H,11-12H2,1-2H3/t15-/m0/s1. The van der Waals surface area contributed by atoms with Gasteiger partial charge >= 0.3 is 0 Å². The van der Waals surface area contributed by atoms with Gasteiger partial charge in [0, 0.05) is 24.2 Å². The first-order chi connectivity index (χ1) is 12.6. The van der Waals surface area contributed by atoms with E-state index < -0.39 is 0 Å². The zero-order chi connectivity index (χ0) is 18.1. The lowest BCUT2D eigenvalue weighted by molar-refractivity contribution is -0.117. The summed E-state index contributed by atoms with van der Waals surface area (Å²) in [5, 5.41) is 4.07. The molecule has 0 radical (unpaired) electrons. The Bertz CT molecular complexity index is 916.